The minimum absolute atomic E-state index is 0.0833. The largest absolute Gasteiger partial charge is 0.478 e. The highest BCUT2D eigenvalue weighted by atomic mass is 16.4. The van der Waals surface area contributed by atoms with E-state index in [9.17, 15) is 9.59 Å². The van der Waals surface area contributed by atoms with Gasteiger partial charge in [0.05, 0.1) is 5.56 Å². The van der Waals surface area contributed by atoms with Crippen LogP contribution in [0.3, 0.4) is 0 Å². The van der Waals surface area contributed by atoms with Gasteiger partial charge in [0, 0.05) is 18.8 Å². The number of likely N-dealkylation sites (tertiary alicyclic amines) is 1. The van der Waals surface area contributed by atoms with Crippen LogP contribution >= 0.6 is 0 Å². The molecule has 1 aromatic heterocycles. The first-order valence-corrected chi connectivity index (χ1v) is 7.13. The predicted octanol–water partition coefficient (Wildman–Crippen LogP) is 2.57. The molecule has 0 radical (unpaired) electrons. The molecule has 2 heterocycles. The van der Waals surface area contributed by atoms with Crippen LogP contribution in [0.1, 0.15) is 59.9 Å². The van der Waals surface area contributed by atoms with Gasteiger partial charge in [-0.3, -0.25) is 9.78 Å². The van der Waals surface area contributed by atoms with Gasteiger partial charge in [0.25, 0.3) is 5.91 Å². The van der Waals surface area contributed by atoms with E-state index in [1.807, 2.05) is 4.90 Å². The van der Waals surface area contributed by atoms with Crippen LogP contribution in [0.5, 0.6) is 0 Å². The lowest BCUT2D eigenvalue weighted by Gasteiger charge is -2.35. The van der Waals surface area contributed by atoms with Gasteiger partial charge in [0.1, 0.15) is 5.69 Å². The Kier molecular flexibility index (Phi) is 4.71. The zero-order valence-electron chi connectivity index (χ0n) is 11.7. The molecule has 1 saturated heterocycles. The number of pyridine rings is 1. The average Bonchev–Trinajstić information content (AvgIpc) is 2.47. The molecule has 2 rings (SSSR count). The minimum Gasteiger partial charge on any atom is -0.478 e. The third-order valence-corrected chi connectivity index (χ3v) is 3.74. The molecule has 1 aromatic rings. The second kappa shape index (κ2) is 6.50. The van der Waals surface area contributed by atoms with Crippen molar-refractivity contribution in [2.24, 2.45) is 0 Å². The van der Waals surface area contributed by atoms with Gasteiger partial charge in [-0.1, -0.05) is 13.3 Å². The maximum Gasteiger partial charge on any atom is 0.337 e. The number of carboxylic acid groups (broad SMARTS) is 1. The summed E-state index contributed by atoms with van der Waals surface area (Å²) >= 11 is 0. The highest BCUT2D eigenvalue weighted by Gasteiger charge is 2.27. The van der Waals surface area contributed by atoms with E-state index in [1.165, 1.54) is 24.8 Å². The fourth-order valence-corrected chi connectivity index (χ4v) is 2.70. The van der Waals surface area contributed by atoms with Crippen molar-refractivity contribution < 1.29 is 14.7 Å². The molecule has 5 nitrogen and oxygen atoms in total. The van der Waals surface area contributed by atoms with Gasteiger partial charge in [-0.2, -0.15) is 0 Å². The molecule has 108 valence electrons. The molecule has 1 aliphatic rings. The van der Waals surface area contributed by atoms with E-state index in [0.29, 0.717) is 11.7 Å². The molecule has 0 bridgehead atoms. The standard InChI is InChI=1S/C15H20N2O3/c1-2-5-12-6-3-4-9-17(12)14(18)13-8-7-11(10-16-13)15(19)20/h7-8,10,12H,2-6,9H2,1H3,(H,19,20). The molecule has 1 unspecified atom stereocenters. The Labute approximate surface area is 118 Å². The number of hydrogen-bond acceptors (Lipinski definition) is 3. The van der Waals surface area contributed by atoms with Crippen LogP contribution < -0.4 is 0 Å². The number of amides is 1. The Morgan fingerprint density at radius 1 is 1.40 bits per heavy atom. The van der Waals surface area contributed by atoms with Gasteiger partial charge in [-0.15, -0.1) is 0 Å². The number of nitrogens with zero attached hydrogens (tertiary/aromatic N) is 2. The van der Waals surface area contributed by atoms with Crippen LogP contribution in [-0.2, 0) is 0 Å². The molecule has 20 heavy (non-hydrogen) atoms. The quantitative estimate of drug-likeness (QED) is 0.917. The van der Waals surface area contributed by atoms with E-state index in [2.05, 4.69) is 11.9 Å². The molecule has 1 aliphatic heterocycles. The predicted molar refractivity (Wildman–Crippen MR) is 74.8 cm³/mol. The number of aromatic carboxylic acids is 1. The van der Waals surface area contributed by atoms with Crippen LogP contribution in [0.2, 0.25) is 0 Å². The van der Waals surface area contributed by atoms with Crippen molar-refractivity contribution >= 4 is 11.9 Å². The van der Waals surface area contributed by atoms with Gasteiger partial charge < -0.3 is 10.0 Å². The lowest BCUT2D eigenvalue weighted by atomic mass is 9.98. The number of carbonyl (C=O) groups excluding carboxylic acids is 1. The topological polar surface area (TPSA) is 70.5 Å². The van der Waals surface area contributed by atoms with Crippen molar-refractivity contribution in [3.8, 4) is 0 Å². The zero-order valence-corrected chi connectivity index (χ0v) is 11.7. The summed E-state index contributed by atoms with van der Waals surface area (Å²) in [6, 6.07) is 3.23. The normalized spacial score (nSPS) is 18.9. The number of carboxylic acids is 1. The number of piperidine rings is 1. The molecule has 0 spiro atoms. The Morgan fingerprint density at radius 3 is 2.80 bits per heavy atom. The van der Waals surface area contributed by atoms with E-state index in [0.717, 1.165) is 32.2 Å². The van der Waals surface area contributed by atoms with Crippen molar-refractivity contribution in [3.05, 3.63) is 29.6 Å². The Morgan fingerprint density at radius 2 is 2.20 bits per heavy atom. The van der Waals surface area contributed by atoms with Crippen LogP contribution in [-0.4, -0.2) is 39.5 Å². The molecule has 1 N–H and O–H groups in total. The third kappa shape index (κ3) is 3.15. The number of rotatable bonds is 4. The number of aromatic nitrogens is 1. The summed E-state index contributed by atoms with van der Waals surface area (Å²) in [6.45, 7) is 2.89. The van der Waals surface area contributed by atoms with Crippen molar-refractivity contribution in [1.82, 2.24) is 9.88 Å². The van der Waals surface area contributed by atoms with Gasteiger partial charge >= 0.3 is 5.97 Å². The average molecular weight is 276 g/mol. The van der Waals surface area contributed by atoms with Crippen molar-refractivity contribution in [2.45, 2.75) is 45.1 Å². The van der Waals surface area contributed by atoms with Gasteiger partial charge in [-0.25, -0.2) is 4.79 Å². The lowest BCUT2D eigenvalue weighted by molar-refractivity contribution is 0.0592. The first-order chi connectivity index (χ1) is 9.63. The first-order valence-electron chi connectivity index (χ1n) is 7.13. The van der Waals surface area contributed by atoms with Crippen LogP contribution in [0.25, 0.3) is 0 Å². The molecule has 0 aromatic carbocycles. The maximum atomic E-state index is 12.5. The Bertz CT molecular complexity index is 482. The summed E-state index contributed by atoms with van der Waals surface area (Å²) < 4.78 is 0. The second-order valence-corrected chi connectivity index (χ2v) is 5.17. The lowest BCUT2D eigenvalue weighted by Crippen LogP contribution is -2.43. The molecule has 1 fully saturated rings. The van der Waals surface area contributed by atoms with Crippen LogP contribution in [0.15, 0.2) is 18.3 Å². The highest BCUT2D eigenvalue weighted by molar-refractivity contribution is 5.94. The third-order valence-electron chi connectivity index (χ3n) is 3.74. The van der Waals surface area contributed by atoms with Gasteiger partial charge in [-0.05, 0) is 37.8 Å². The Balaban J connectivity index is 2.14. The molecule has 0 aliphatic carbocycles. The van der Waals surface area contributed by atoms with Gasteiger partial charge in [0.2, 0.25) is 0 Å². The molecular weight excluding hydrogens is 256 g/mol. The van der Waals surface area contributed by atoms with Crippen molar-refractivity contribution in [1.29, 1.82) is 0 Å². The summed E-state index contributed by atoms with van der Waals surface area (Å²) in [7, 11) is 0. The molecule has 0 saturated carbocycles. The minimum atomic E-state index is -1.03. The second-order valence-electron chi connectivity index (χ2n) is 5.17. The first kappa shape index (κ1) is 14.5. The van der Waals surface area contributed by atoms with E-state index in [1.54, 1.807) is 0 Å². The molecule has 5 heteroatoms. The van der Waals surface area contributed by atoms with E-state index >= 15 is 0 Å². The van der Waals surface area contributed by atoms with E-state index in [4.69, 9.17) is 5.11 Å². The van der Waals surface area contributed by atoms with E-state index in [-0.39, 0.29) is 11.5 Å². The number of carbonyl (C=O) groups is 2. The van der Waals surface area contributed by atoms with Crippen molar-refractivity contribution in [2.75, 3.05) is 6.54 Å². The van der Waals surface area contributed by atoms with Crippen LogP contribution in [0.4, 0.5) is 0 Å². The smallest absolute Gasteiger partial charge is 0.337 e. The highest BCUT2D eigenvalue weighted by Crippen LogP contribution is 2.22. The Hall–Kier alpha value is -1.91. The SMILES string of the molecule is CCCC1CCCCN1C(=O)c1ccc(C(=O)O)cn1. The maximum absolute atomic E-state index is 12.5. The molecular formula is C15H20N2O3. The zero-order chi connectivity index (χ0) is 14.5. The summed E-state index contributed by atoms with van der Waals surface area (Å²) in [5, 5.41) is 8.84. The molecule has 1 atom stereocenters. The van der Waals surface area contributed by atoms with Gasteiger partial charge in [0.15, 0.2) is 0 Å². The van der Waals surface area contributed by atoms with Crippen LogP contribution in [0, 0.1) is 0 Å². The monoisotopic (exact) mass is 276 g/mol. The number of hydrogen-bond donors (Lipinski definition) is 1. The summed E-state index contributed by atoms with van der Waals surface area (Å²) in [6.07, 6.45) is 6.55. The van der Waals surface area contributed by atoms with E-state index < -0.39 is 5.97 Å². The molecule has 1 amide bonds. The van der Waals surface area contributed by atoms with Crippen molar-refractivity contribution in [3.63, 3.8) is 0 Å². The fourth-order valence-electron chi connectivity index (χ4n) is 2.70. The summed E-state index contributed by atoms with van der Waals surface area (Å²) in [5.41, 5.74) is 0.434. The fraction of sp³-hybridized carbons (Fsp3) is 0.533. The summed E-state index contributed by atoms with van der Waals surface area (Å²) in [5.74, 6) is -1.11. The summed E-state index contributed by atoms with van der Waals surface area (Å²) in [4.78, 5) is 29.2.